The van der Waals surface area contributed by atoms with Gasteiger partial charge in [-0.05, 0) is 61.2 Å². The van der Waals surface area contributed by atoms with Crippen molar-refractivity contribution in [1.29, 1.82) is 0 Å². The zero-order valence-electron chi connectivity index (χ0n) is 17.8. The van der Waals surface area contributed by atoms with E-state index in [0.717, 1.165) is 54.7 Å². The number of aryl methyl sites for hydroxylation is 1. The third kappa shape index (κ3) is 6.48. The molecule has 0 heterocycles. The van der Waals surface area contributed by atoms with Crippen molar-refractivity contribution in [2.24, 2.45) is 11.1 Å². The summed E-state index contributed by atoms with van der Waals surface area (Å²) in [5.74, 6) is -0.332. The minimum atomic E-state index is -4.37. The number of carboxylic acids is 1. The Morgan fingerprint density at radius 3 is 2.38 bits per heavy atom. The van der Waals surface area contributed by atoms with Crippen LogP contribution in [-0.4, -0.2) is 23.4 Å². The molecule has 0 atom stereocenters. The van der Waals surface area contributed by atoms with Crippen molar-refractivity contribution in [1.82, 2.24) is 0 Å². The lowest BCUT2D eigenvalue weighted by Crippen LogP contribution is -2.20. The third-order valence-corrected chi connectivity index (χ3v) is 5.49. The number of oxime groups is 1. The number of ether oxygens (including phenoxy) is 1. The number of carbonyl (C=O) groups is 1. The van der Waals surface area contributed by atoms with Crippen LogP contribution in [0.15, 0.2) is 47.6 Å². The molecule has 1 saturated carbocycles. The van der Waals surface area contributed by atoms with Crippen molar-refractivity contribution in [3.8, 4) is 5.75 Å². The van der Waals surface area contributed by atoms with Gasteiger partial charge in [0.25, 0.3) is 0 Å². The van der Waals surface area contributed by atoms with Gasteiger partial charge in [0, 0.05) is 11.5 Å². The van der Waals surface area contributed by atoms with Gasteiger partial charge in [0.05, 0.1) is 11.3 Å². The van der Waals surface area contributed by atoms with Crippen LogP contribution >= 0.6 is 0 Å². The number of carboxylic acid groups (broad SMARTS) is 1. The highest BCUT2D eigenvalue weighted by molar-refractivity contribution is 6.02. The van der Waals surface area contributed by atoms with Gasteiger partial charge in [0.1, 0.15) is 12.4 Å². The van der Waals surface area contributed by atoms with E-state index in [1.807, 2.05) is 19.1 Å². The quantitative estimate of drug-likeness (QED) is 0.398. The average Bonchev–Trinajstić information content (AvgIpc) is 2.76. The molecule has 1 aliphatic rings. The first-order valence-electron chi connectivity index (χ1n) is 10.6. The summed E-state index contributed by atoms with van der Waals surface area (Å²) in [4.78, 5) is 16.3. The maximum Gasteiger partial charge on any atom is 0.416 e. The van der Waals surface area contributed by atoms with Crippen LogP contribution in [0, 0.1) is 12.8 Å². The van der Waals surface area contributed by atoms with Crippen LogP contribution in [0.25, 0.3) is 0 Å². The summed E-state index contributed by atoms with van der Waals surface area (Å²) in [5.41, 5.74) is 2.34. The summed E-state index contributed by atoms with van der Waals surface area (Å²) in [6, 6.07) is 10.3. The summed E-state index contributed by atoms with van der Waals surface area (Å²) in [6.07, 6.45) is 0.974. The van der Waals surface area contributed by atoms with E-state index in [-0.39, 0.29) is 12.5 Å². The van der Waals surface area contributed by atoms with Gasteiger partial charge in [-0.25, -0.2) is 4.79 Å². The number of rotatable bonds is 8. The Hall–Kier alpha value is -3.03. The van der Waals surface area contributed by atoms with Gasteiger partial charge in [-0.2, -0.15) is 13.2 Å². The highest BCUT2D eigenvalue weighted by Crippen LogP contribution is 2.31. The molecule has 2 aromatic carbocycles. The zero-order chi connectivity index (χ0) is 23.1. The smallest absolute Gasteiger partial charge is 0.416 e. The molecule has 0 saturated heterocycles. The minimum Gasteiger partial charge on any atom is -0.482 e. The van der Waals surface area contributed by atoms with E-state index in [0.29, 0.717) is 11.3 Å². The highest BCUT2D eigenvalue weighted by Gasteiger charge is 2.30. The summed E-state index contributed by atoms with van der Waals surface area (Å²) in [5, 5.41) is 13.2. The number of benzene rings is 2. The molecular weight excluding hydrogens is 423 g/mol. The molecule has 0 bridgehead atoms. The molecule has 172 valence electrons. The lowest BCUT2D eigenvalue weighted by Gasteiger charge is -2.23. The molecule has 8 heteroatoms. The number of halogens is 3. The van der Waals surface area contributed by atoms with Crippen molar-refractivity contribution in [2.45, 2.75) is 51.8 Å². The lowest BCUT2D eigenvalue weighted by atomic mass is 9.83. The Kier molecular flexibility index (Phi) is 7.77. The first-order valence-corrected chi connectivity index (χ1v) is 10.6. The Bertz CT molecular complexity index is 949. The number of alkyl halides is 3. The molecule has 32 heavy (non-hydrogen) atoms. The van der Waals surface area contributed by atoms with Crippen molar-refractivity contribution >= 4 is 11.7 Å². The molecule has 0 spiro atoms. The second-order valence-electron chi connectivity index (χ2n) is 7.94. The standard InChI is InChI=1S/C24H26F3NO4/c1-16-13-19(9-12-21(16)31-15-22(29)30)23(18-5-3-2-4-6-18)28-32-14-17-7-10-20(11-8-17)24(25,26)27/h7-13,18H,2-6,14-15H2,1H3,(H,29,30)/b28-23-. The Morgan fingerprint density at radius 1 is 1.09 bits per heavy atom. The van der Waals surface area contributed by atoms with E-state index in [1.165, 1.54) is 18.6 Å². The van der Waals surface area contributed by atoms with Crippen LogP contribution in [-0.2, 0) is 22.4 Å². The second kappa shape index (κ2) is 10.5. The van der Waals surface area contributed by atoms with Gasteiger partial charge < -0.3 is 14.7 Å². The summed E-state index contributed by atoms with van der Waals surface area (Å²) < 4.78 is 43.5. The molecule has 0 aliphatic heterocycles. The van der Waals surface area contributed by atoms with Gasteiger partial charge >= 0.3 is 12.1 Å². The normalized spacial score (nSPS) is 15.4. The minimum absolute atomic E-state index is 0.0626. The third-order valence-electron chi connectivity index (χ3n) is 5.49. The fourth-order valence-electron chi connectivity index (χ4n) is 3.82. The van der Waals surface area contributed by atoms with E-state index in [2.05, 4.69) is 5.16 Å². The largest absolute Gasteiger partial charge is 0.482 e. The SMILES string of the molecule is Cc1cc(/C(=N\OCc2ccc(C(F)(F)F)cc2)C2CCCCC2)ccc1OCC(=O)O. The van der Waals surface area contributed by atoms with E-state index in [9.17, 15) is 18.0 Å². The molecule has 0 radical (unpaired) electrons. The van der Waals surface area contributed by atoms with E-state index >= 15 is 0 Å². The maximum atomic E-state index is 12.7. The first-order chi connectivity index (χ1) is 15.2. The summed E-state index contributed by atoms with van der Waals surface area (Å²) in [6.45, 7) is 1.48. The van der Waals surface area contributed by atoms with Crippen molar-refractivity contribution < 1.29 is 32.6 Å². The molecule has 3 rings (SSSR count). The summed E-state index contributed by atoms with van der Waals surface area (Å²) >= 11 is 0. The highest BCUT2D eigenvalue weighted by atomic mass is 19.4. The molecule has 1 fully saturated rings. The van der Waals surface area contributed by atoms with Gasteiger partial charge in [-0.3, -0.25) is 0 Å². The van der Waals surface area contributed by atoms with Crippen LogP contribution in [0.5, 0.6) is 5.75 Å². The average molecular weight is 449 g/mol. The van der Waals surface area contributed by atoms with Crippen molar-refractivity contribution in [3.63, 3.8) is 0 Å². The molecule has 0 unspecified atom stereocenters. The molecule has 1 N–H and O–H groups in total. The molecule has 2 aromatic rings. The van der Waals surface area contributed by atoms with Crippen molar-refractivity contribution in [2.75, 3.05) is 6.61 Å². The molecule has 0 amide bonds. The van der Waals surface area contributed by atoms with Crippen LogP contribution in [0.1, 0.15) is 54.4 Å². The molecular formula is C24H26F3NO4. The molecule has 0 aromatic heterocycles. The van der Waals surface area contributed by atoms with Crippen LogP contribution in [0.4, 0.5) is 13.2 Å². The van der Waals surface area contributed by atoms with Gasteiger partial charge in [-0.1, -0.05) is 36.6 Å². The number of nitrogens with zero attached hydrogens (tertiary/aromatic N) is 1. The molecule has 1 aliphatic carbocycles. The Balaban J connectivity index is 1.76. The van der Waals surface area contributed by atoms with Crippen molar-refractivity contribution in [3.05, 3.63) is 64.7 Å². The topological polar surface area (TPSA) is 68.1 Å². The number of hydrogen-bond donors (Lipinski definition) is 1. The van der Waals surface area contributed by atoms with Gasteiger partial charge in [0.2, 0.25) is 0 Å². The maximum absolute atomic E-state index is 12.7. The number of aliphatic carboxylic acids is 1. The predicted octanol–water partition coefficient (Wildman–Crippen LogP) is 5.98. The molecule has 5 nitrogen and oxygen atoms in total. The van der Waals surface area contributed by atoms with E-state index < -0.39 is 24.3 Å². The van der Waals surface area contributed by atoms with Gasteiger partial charge in [0.15, 0.2) is 6.61 Å². The summed E-state index contributed by atoms with van der Waals surface area (Å²) in [7, 11) is 0. The van der Waals surface area contributed by atoms with Gasteiger partial charge in [-0.15, -0.1) is 0 Å². The Morgan fingerprint density at radius 2 is 1.78 bits per heavy atom. The number of hydrogen-bond acceptors (Lipinski definition) is 4. The predicted molar refractivity (Wildman–Crippen MR) is 114 cm³/mol. The van der Waals surface area contributed by atoms with E-state index in [1.54, 1.807) is 6.07 Å². The zero-order valence-corrected chi connectivity index (χ0v) is 17.8. The van der Waals surface area contributed by atoms with E-state index in [4.69, 9.17) is 14.7 Å². The first kappa shape index (κ1) is 23.6. The second-order valence-corrected chi connectivity index (χ2v) is 7.94. The lowest BCUT2D eigenvalue weighted by molar-refractivity contribution is -0.139. The van der Waals surface area contributed by atoms with Crippen LogP contribution in [0.3, 0.4) is 0 Å². The van der Waals surface area contributed by atoms with Crippen LogP contribution < -0.4 is 4.74 Å². The Labute approximate surface area is 184 Å². The fourth-order valence-corrected chi connectivity index (χ4v) is 3.82. The fraction of sp³-hybridized carbons (Fsp3) is 0.417. The monoisotopic (exact) mass is 449 g/mol. The van der Waals surface area contributed by atoms with Crippen LogP contribution in [0.2, 0.25) is 0 Å².